The highest BCUT2D eigenvalue weighted by Crippen LogP contribution is 2.11. The van der Waals surface area contributed by atoms with Crippen molar-refractivity contribution in [3.8, 4) is 0 Å². The van der Waals surface area contributed by atoms with Crippen molar-refractivity contribution in [2.45, 2.75) is 26.3 Å². The molecule has 0 aliphatic rings. The smallest absolute Gasteiger partial charge is 0.0594 e. The quantitative estimate of drug-likeness (QED) is 0.841. The molecule has 1 aromatic heterocycles. The number of anilines is 1. The van der Waals surface area contributed by atoms with Crippen LogP contribution in [0.1, 0.15) is 24.6 Å². The van der Waals surface area contributed by atoms with Crippen LogP contribution in [0, 0.1) is 0 Å². The Morgan fingerprint density at radius 2 is 1.88 bits per heavy atom. The van der Waals surface area contributed by atoms with Gasteiger partial charge in [0.2, 0.25) is 0 Å². The first kappa shape index (κ1) is 11.6. The summed E-state index contributed by atoms with van der Waals surface area (Å²) in [6.45, 7) is 2.97. The number of aryl methyl sites for hydroxylation is 1. The first-order valence-electron chi connectivity index (χ1n) is 6.11. The number of nitrogens with one attached hydrogen (secondary N) is 1. The maximum Gasteiger partial charge on any atom is 0.0594 e. The molecule has 0 aliphatic heterocycles. The lowest BCUT2D eigenvalue weighted by molar-refractivity contribution is 0.921. The van der Waals surface area contributed by atoms with Gasteiger partial charge < -0.3 is 5.32 Å². The minimum atomic E-state index is 0.772. The average Bonchev–Trinajstić information content (AvgIpc) is 2.40. The maximum atomic E-state index is 4.28. The van der Waals surface area contributed by atoms with E-state index in [4.69, 9.17) is 0 Å². The van der Waals surface area contributed by atoms with Gasteiger partial charge in [0.15, 0.2) is 0 Å². The zero-order chi connectivity index (χ0) is 11.9. The molecule has 2 rings (SSSR count). The molecule has 1 aromatic carbocycles. The van der Waals surface area contributed by atoms with Gasteiger partial charge in [-0.05, 0) is 36.2 Å². The Morgan fingerprint density at radius 3 is 2.53 bits per heavy atom. The summed E-state index contributed by atoms with van der Waals surface area (Å²) < 4.78 is 0. The molecule has 0 saturated heterocycles. The van der Waals surface area contributed by atoms with Gasteiger partial charge in [0.05, 0.1) is 12.2 Å². The first-order valence-corrected chi connectivity index (χ1v) is 6.11. The predicted octanol–water partition coefficient (Wildman–Crippen LogP) is 3.65. The minimum Gasteiger partial charge on any atom is -0.379 e. The molecule has 0 aliphatic carbocycles. The molecule has 0 unspecified atom stereocenters. The lowest BCUT2D eigenvalue weighted by Gasteiger charge is -2.06. The lowest BCUT2D eigenvalue weighted by atomic mass is 10.1. The molecule has 0 spiro atoms. The number of hydrogen-bond donors (Lipinski definition) is 1. The summed E-state index contributed by atoms with van der Waals surface area (Å²) in [4.78, 5) is 4.28. The molecule has 2 nitrogen and oxygen atoms in total. The second-order valence-corrected chi connectivity index (χ2v) is 4.12. The normalized spacial score (nSPS) is 10.2. The molecule has 2 heteroatoms. The fourth-order valence-electron chi connectivity index (χ4n) is 1.77. The van der Waals surface area contributed by atoms with E-state index in [9.17, 15) is 0 Å². The molecule has 0 bridgehead atoms. The van der Waals surface area contributed by atoms with E-state index < -0.39 is 0 Å². The fourth-order valence-corrected chi connectivity index (χ4v) is 1.77. The Labute approximate surface area is 103 Å². The highest BCUT2D eigenvalue weighted by molar-refractivity contribution is 5.44. The van der Waals surface area contributed by atoms with Gasteiger partial charge in [-0.15, -0.1) is 0 Å². The summed E-state index contributed by atoms with van der Waals surface area (Å²) >= 11 is 0. The van der Waals surface area contributed by atoms with Crippen molar-refractivity contribution in [2.75, 3.05) is 5.32 Å². The number of pyridine rings is 1. The molecule has 0 amide bonds. The Kier molecular flexibility index (Phi) is 4.14. The van der Waals surface area contributed by atoms with Crippen molar-refractivity contribution in [3.05, 3.63) is 59.9 Å². The molecule has 1 heterocycles. The number of benzene rings is 1. The van der Waals surface area contributed by atoms with E-state index in [2.05, 4.69) is 41.5 Å². The van der Waals surface area contributed by atoms with E-state index in [0.717, 1.165) is 24.3 Å². The van der Waals surface area contributed by atoms with Crippen molar-refractivity contribution in [1.82, 2.24) is 4.98 Å². The number of rotatable bonds is 5. The zero-order valence-electron chi connectivity index (χ0n) is 10.2. The van der Waals surface area contributed by atoms with Crippen LogP contribution < -0.4 is 5.32 Å². The van der Waals surface area contributed by atoms with Gasteiger partial charge in [-0.2, -0.15) is 0 Å². The van der Waals surface area contributed by atoms with Gasteiger partial charge >= 0.3 is 0 Å². The summed E-state index contributed by atoms with van der Waals surface area (Å²) in [6.07, 6.45) is 4.17. The van der Waals surface area contributed by atoms with Gasteiger partial charge in [0.1, 0.15) is 0 Å². The van der Waals surface area contributed by atoms with Crippen LogP contribution in [-0.2, 0) is 13.0 Å². The van der Waals surface area contributed by atoms with E-state index in [0.29, 0.717) is 0 Å². The Hall–Kier alpha value is -1.83. The molecule has 0 saturated carbocycles. The minimum absolute atomic E-state index is 0.772. The number of nitrogens with zero attached hydrogens (tertiary/aromatic N) is 1. The van der Waals surface area contributed by atoms with E-state index in [1.165, 1.54) is 12.0 Å². The van der Waals surface area contributed by atoms with E-state index in [-0.39, 0.29) is 0 Å². The molecular weight excluding hydrogens is 208 g/mol. The average molecular weight is 226 g/mol. The molecule has 0 atom stereocenters. The molecule has 17 heavy (non-hydrogen) atoms. The van der Waals surface area contributed by atoms with Gasteiger partial charge in [-0.25, -0.2) is 0 Å². The van der Waals surface area contributed by atoms with Crippen LogP contribution in [-0.4, -0.2) is 4.98 Å². The van der Waals surface area contributed by atoms with Crippen molar-refractivity contribution >= 4 is 5.69 Å². The van der Waals surface area contributed by atoms with Crippen LogP contribution in [0.3, 0.4) is 0 Å². The maximum absolute atomic E-state index is 4.28. The zero-order valence-corrected chi connectivity index (χ0v) is 10.2. The summed E-state index contributed by atoms with van der Waals surface area (Å²) in [5.41, 5.74) is 3.61. The molecule has 88 valence electrons. The SMILES string of the molecule is CCCc1ccc(NCc2ccccn2)cc1. The second kappa shape index (κ2) is 6.04. The van der Waals surface area contributed by atoms with Gasteiger partial charge in [0.25, 0.3) is 0 Å². The van der Waals surface area contributed by atoms with Crippen LogP contribution in [0.5, 0.6) is 0 Å². The Bertz CT molecular complexity index is 434. The standard InChI is InChI=1S/C15H18N2/c1-2-5-13-7-9-14(10-8-13)17-12-15-6-3-4-11-16-15/h3-4,6-11,17H,2,5,12H2,1H3. The summed E-state index contributed by atoms with van der Waals surface area (Å²) in [6, 6.07) is 14.6. The number of aromatic nitrogens is 1. The molecule has 0 fully saturated rings. The third-order valence-electron chi connectivity index (χ3n) is 2.69. The van der Waals surface area contributed by atoms with Crippen molar-refractivity contribution < 1.29 is 0 Å². The second-order valence-electron chi connectivity index (χ2n) is 4.12. The lowest BCUT2D eigenvalue weighted by Crippen LogP contribution is -2.00. The van der Waals surface area contributed by atoms with Gasteiger partial charge in [0, 0.05) is 11.9 Å². The molecule has 2 aromatic rings. The Balaban J connectivity index is 1.91. The third-order valence-corrected chi connectivity index (χ3v) is 2.69. The molecular formula is C15H18N2. The molecule has 1 N–H and O–H groups in total. The topological polar surface area (TPSA) is 24.9 Å². The molecule has 0 radical (unpaired) electrons. The summed E-state index contributed by atoms with van der Waals surface area (Å²) in [5, 5.41) is 3.37. The first-order chi connectivity index (χ1) is 8.38. The monoisotopic (exact) mass is 226 g/mol. The summed E-state index contributed by atoms with van der Waals surface area (Å²) in [5.74, 6) is 0. The van der Waals surface area contributed by atoms with Crippen LogP contribution >= 0.6 is 0 Å². The highest BCUT2D eigenvalue weighted by atomic mass is 14.9. The third kappa shape index (κ3) is 3.59. The van der Waals surface area contributed by atoms with Crippen LogP contribution in [0.2, 0.25) is 0 Å². The van der Waals surface area contributed by atoms with Crippen molar-refractivity contribution in [2.24, 2.45) is 0 Å². The fraction of sp³-hybridized carbons (Fsp3) is 0.267. The van der Waals surface area contributed by atoms with E-state index in [1.807, 2.05) is 24.4 Å². The van der Waals surface area contributed by atoms with Gasteiger partial charge in [-0.1, -0.05) is 31.5 Å². The number of hydrogen-bond acceptors (Lipinski definition) is 2. The van der Waals surface area contributed by atoms with Crippen molar-refractivity contribution in [1.29, 1.82) is 0 Å². The summed E-state index contributed by atoms with van der Waals surface area (Å²) in [7, 11) is 0. The van der Waals surface area contributed by atoms with Gasteiger partial charge in [-0.3, -0.25) is 4.98 Å². The predicted molar refractivity (Wildman–Crippen MR) is 72.0 cm³/mol. The van der Waals surface area contributed by atoms with Crippen LogP contribution in [0.4, 0.5) is 5.69 Å². The van der Waals surface area contributed by atoms with E-state index >= 15 is 0 Å². The Morgan fingerprint density at radius 1 is 1.06 bits per heavy atom. The highest BCUT2D eigenvalue weighted by Gasteiger charge is 1.95. The van der Waals surface area contributed by atoms with Crippen LogP contribution in [0.15, 0.2) is 48.7 Å². The largest absolute Gasteiger partial charge is 0.379 e. The van der Waals surface area contributed by atoms with E-state index in [1.54, 1.807) is 0 Å². The van der Waals surface area contributed by atoms with Crippen LogP contribution in [0.25, 0.3) is 0 Å². The van der Waals surface area contributed by atoms with Crippen molar-refractivity contribution in [3.63, 3.8) is 0 Å².